The second-order valence-corrected chi connectivity index (χ2v) is 9.09. The Morgan fingerprint density at radius 1 is 0.811 bits per heavy atom. The third-order valence-corrected chi connectivity index (χ3v) is 6.44. The number of anilines is 1. The van der Waals surface area contributed by atoms with Gasteiger partial charge in [0.2, 0.25) is 0 Å². The van der Waals surface area contributed by atoms with E-state index in [-0.39, 0.29) is 11.6 Å². The molecule has 0 radical (unpaired) electrons. The number of aromatic amines is 1. The summed E-state index contributed by atoms with van der Waals surface area (Å²) in [6, 6.07) is 24.5. The molecule has 180 valence electrons. The molecule has 1 atom stereocenters. The molecule has 8 heteroatoms. The number of nitrogens with zero attached hydrogens (tertiary/aromatic N) is 4. The number of fused-ring (bicyclic) bond motifs is 2. The maximum atomic E-state index is 12.6. The first-order valence-electron chi connectivity index (χ1n) is 11.8. The van der Waals surface area contributed by atoms with Gasteiger partial charge in [-0.15, -0.1) is 0 Å². The van der Waals surface area contributed by atoms with Gasteiger partial charge < -0.3 is 10.3 Å². The predicted octanol–water partition coefficient (Wildman–Crippen LogP) is 6.42. The summed E-state index contributed by atoms with van der Waals surface area (Å²) < 4.78 is 0. The Balaban J connectivity index is 1.59. The molecule has 37 heavy (non-hydrogen) atoms. The Morgan fingerprint density at radius 2 is 1.59 bits per heavy atom. The van der Waals surface area contributed by atoms with Gasteiger partial charge in [-0.2, -0.15) is 0 Å². The lowest BCUT2D eigenvalue weighted by molar-refractivity contribution is 0.839. The first kappa shape index (κ1) is 22.8. The summed E-state index contributed by atoms with van der Waals surface area (Å²) in [6.45, 7) is 1.98. The van der Waals surface area contributed by atoms with Crippen LogP contribution in [0.1, 0.15) is 18.7 Å². The van der Waals surface area contributed by atoms with Crippen molar-refractivity contribution in [2.75, 3.05) is 5.32 Å². The molecule has 0 saturated heterocycles. The Hall–Kier alpha value is -4.62. The van der Waals surface area contributed by atoms with Gasteiger partial charge in [-0.05, 0) is 37.3 Å². The van der Waals surface area contributed by atoms with Crippen molar-refractivity contribution in [3.63, 3.8) is 0 Å². The van der Waals surface area contributed by atoms with Gasteiger partial charge in [0.15, 0.2) is 5.65 Å². The van der Waals surface area contributed by atoms with E-state index in [4.69, 9.17) is 21.6 Å². The van der Waals surface area contributed by atoms with E-state index < -0.39 is 0 Å². The fourth-order valence-electron chi connectivity index (χ4n) is 4.40. The normalized spacial score (nSPS) is 12.1. The molecule has 1 unspecified atom stereocenters. The van der Waals surface area contributed by atoms with Gasteiger partial charge >= 0.3 is 0 Å². The predicted molar refractivity (Wildman–Crippen MR) is 148 cm³/mol. The van der Waals surface area contributed by atoms with Crippen molar-refractivity contribution in [1.29, 1.82) is 0 Å². The molecule has 0 aliphatic rings. The van der Waals surface area contributed by atoms with Crippen LogP contribution in [0.4, 0.5) is 5.69 Å². The Bertz CT molecular complexity index is 1810. The van der Waals surface area contributed by atoms with E-state index in [1.807, 2.05) is 79.7 Å². The number of halogens is 1. The Kier molecular flexibility index (Phi) is 5.82. The summed E-state index contributed by atoms with van der Waals surface area (Å²) in [5.41, 5.74) is 5.74. The monoisotopic (exact) mass is 504 g/mol. The molecule has 4 aromatic heterocycles. The van der Waals surface area contributed by atoms with Crippen molar-refractivity contribution in [2.45, 2.75) is 13.0 Å². The van der Waals surface area contributed by atoms with Crippen molar-refractivity contribution in [1.82, 2.24) is 24.9 Å². The SMILES string of the molecule is CC(Nc1cc(=O)[nH]c2nc(-c3ccccc3)c(-c3cc(Cl)c4ncccc4c3)nc12)c1ccccn1. The number of H-pyrrole nitrogens is 1. The van der Waals surface area contributed by atoms with E-state index in [2.05, 4.69) is 20.3 Å². The first-order valence-corrected chi connectivity index (χ1v) is 12.2. The average molecular weight is 505 g/mol. The summed E-state index contributed by atoms with van der Waals surface area (Å²) >= 11 is 6.64. The number of aromatic nitrogens is 5. The van der Waals surface area contributed by atoms with Crippen LogP contribution in [-0.4, -0.2) is 24.9 Å². The van der Waals surface area contributed by atoms with Crippen LogP contribution in [0.15, 0.2) is 96.1 Å². The average Bonchev–Trinajstić information content (AvgIpc) is 2.93. The molecule has 0 spiro atoms. The standard InChI is InChI=1S/C29H21ClN6O/c1-17(22-11-5-6-12-31-22)33-23-16-24(37)34-29-28(23)35-27(26(36-29)18-8-3-2-4-9-18)20-14-19-10-7-13-32-25(19)21(30)15-20/h2-17H,1H3,(H2,33,34,36,37). The van der Waals surface area contributed by atoms with Gasteiger partial charge in [0.05, 0.1) is 39.4 Å². The maximum Gasteiger partial charge on any atom is 0.251 e. The van der Waals surface area contributed by atoms with Crippen LogP contribution in [0.3, 0.4) is 0 Å². The highest BCUT2D eigenvalue weighted by Crippen LogP contribution is 2.36. The van der Waals surface area contributed by atoms with Crippen molar-refractivity contribution < 1.29 is 0 Å². The van der Waals surface area contributed by atoms with Gasteiger partial charge in [-0.25, -0.2) is 9.97 Å². The summed E-state index contributed by atoms with van der Waals surface area (Å²) in [5, 5.41) is 4.82. The van der Waals surface area contributed by atoms with Crippen molar-refractivity contribution in [3.05, 3.63) is 112 Å². The fraction of sp³-hybridized carbons (Fsp3) is 0.0690. The van der Waals surface area contributed by atoms with Gasteiger partial charge in [0.1, 0.15) is 5.52 Å². The highest BCUT2D eigenvalue weighted by molar-refractivity contribution is 6.35. The molecule has 4 heterocycles. The van der Waals surface area contributed by atoms with E-state index in [0.717, 1.165) is 27.7 Å². The lowest BCUT2D eigenvalue weighted by Crippen LogP contribution is -2.14. The molecule has 0 saturated carbocycles. The van der Waals surface area contributed by atoms with Crippen LogP contribution in [0, 0.1) is 0 Å². The zero-order valence-electron chi connectivity index (χ0n) is 19.8. The van der Waals surface area contributed by atoms with E-state index in [0.29, 0.717) is 33.3 Å². The molecule has 0 aliphatic carbocycles. The van der Waals surface area contributed by atoms with Crippen LogP contribution < -0.4 is 10.9 Å². The highest BCUT2D eigenvalue weighted by atomic mass is 35.5. The molecule has 0 amide bonds. The fourth-order valence-corrected chi connectivity index (χ4v) is 4.67. The zero-order valence-corrected chi connectivity index (χ0v) is 20.6. The van der Waals surface area contributed by atoms with Crippen LogP contribution in [0.25, 0.3) is 44.6 Å². The number of benzene rings is 2. The summed E-state index contributed by atoms with van der Waals surface area (Å²) in [4.78, 5) is 34.3. The van der Waals surface area contributed by atoms with Crippen LogP contribution in [-0.2, 0) is 0 Å². The third kappa shape index (κ3) is 4.41. The van der Waals surface area contributed by atoms with Crippen molar-refractivity contribution in [2.24, 2.45) is 0 Å². The van der Waals surface area contributed by atoms with E-state index >= 15 is 0 Å². The lowest BCUT2D eigenvalue weighted by Gasteiger charge is -2.17. The quantitative estimate of drug-likeness (QED) is 0.281. The summed E-state index contributed by atoms with van der Waals surface area (Å²) in [6.07, 6.45) is 3.46. The molecular formula is C29H21ClN6O. The minimum atomic E-state index is -0.274. The number of pyridine rings is 3. The van der Waals surface area contributed by atoms with Crippen LogP contribution in [0.5, 0.6) is 0 Å². The lowest BCUT2D eigenvalue weighted by atomic mass is 10.0. The molecule has 2 N–H and O–H groups in total. The molecule has 7 nitrogen and oxygen atoms in total. The van der Waals surface area contributed by atoms with Crippen LogP contribution in [0.2, 0.25) is 5.02 Å². The molecular weight excluding hydrogens is 484 g/mol. The Labute approximate surface area is 217 Å². The number of rotatable bonds is 5. The van der Waals surface area contributed by atoms with Gasteiger partial charge in [0.25, 0.3) is 5.56 Å². The van der Waals surface area contributed by atoms with Crippen molar-refractivity contribution in [3.8, 4) is 22.5 Å². The summed E-state index contributed by atoms with van der Waals surface area (Å²) in [7, 11) is 0. The summed E-state index contributed by atoms with van der Waals surface area (Å²) in [5.74, 6) is 0. The zero-order chi connectivity index (χ0) is 25.4. The highest BCUT2D eigenvalue weighted by Gasteiger charge is 2.19. The maximum absolute atomic E-state index is 12.6. The molecule has 0 aliphatic heterocycles. The third-order valence-electron chi connectivity index (χ3n) is 6.15. The van der Waals surface area contributed by atoms with Crippen LogP contribution >= 0.6 is 11.6 Å². The van der Waals surface area contributed by atoms with Gasteiger partial charge in [-0.1, -0.05) is 54.1 Å². The van der Waals surface area contributed by atoms with E-state index in [9.17, 15) is 4.79 Å². The Morgan fingerprint density at radius 3 is 2.41 bits per heavy atom. The topological polar surface area (TPSA) is 96.5 Å². The van der Waals surface area contributed by atoms with Gasteiger partial charge in [-0.3, -0.25) is 14.8 Å². The van der Waals surface area contributed by atoms with Gasteiger partial charge in [0, 0.05) is 35.0 Å². The molecule has 6 aromatic rings. The second-order valence-electron chi connectivity index (χ2n) is 8.69. The first-order chi connectivity index (χ1) is 18.1. The largest absolute Gasteiger partial charge is 0.375 e. The molecule has 2 aromatic carbocycles. The van der Waals surface area contributed by atoms with Crippen molar-refractivity contribution >= 4 is 39.4 Å². The smallest absolute Gasteiger partial charge is 0.251 e. The number of nitrogens with one attached hydrogen (secondary N) is 2. The van der Waals surface area contributed by atoms with E-state index in [1.54, 1.807) is 12.4 Å². The molecule has 0 fully saturated rings. The van der Waals surface area contributed by atoms with E-state index in [1.165, 1.54) is 6.07 Å². The number of hydrogen-bond acceptors (Lipinski definition) is 6. The number of hydrogen-bond donors (Lipinski definition) is 2. The molecule has 6 rings (SSSR count). The minimum absolute atomic E-state index is 0.161. The minimum Gasteiger partial charge on any atom is -0.375 e. The second kappa shape index (κ2) is 9.44. The molecule has 0 bridgehead atoms.